The molecule has 0 aliphatic carbocycles. The Morgan fingerprint density at radius 3 is 2.52 bits per heavy atom. The summed E-state index contributed by atoms with van der Waals surface area (Å²) in [5, 5.41) is 3.44. The molecule has 1 atom stereocenters. The Balaban J connectivity index is 1.76. The SMILES string of the molecule is CC[C@H](Oc1ccccc1Cl)C(=O)NCCCc1ccc(OC)cc1. The van der Waals surface area contributed by atoms with Crippen LogP contribution >= 0.6 is 11.6 Å². The van der Waals surface area contributed by atoms with Crippen LogP contribution in [0.1, 0.15) is 25.3 Å². The largest absolute Gasteiger partial charge is 0.497 e. The second-order valence-electron chi connectivity index (χ2n) is 5.69. The van der Waals surface area contributed by atoms with Gasteiger partial charge in [0.05, 0.1) is 12.1 Å². The Morgan fingerprint density at radius 1 is 1.16 bits per heavy atom. The first-order valence-electron chi connectivity index (χ1n) is 8.46. The molecule has 1 N–H and O–H groups in total. The fourth-order valence-electron chi connectivity index (χ4n) is 2.43. The van der Waals surface area contributed by atoms with Crippen LogP contribution in [-0.4, -0.2) is 25.7 Å². The van der Waals surface area contributed by atoms with Gasteiger partial charge in [-0.3, -0.25) is 4.79 Å². The monoisotopic (exact) mass is 361 g/mol. The minimum atomic E-state index is -0.541. The number of aryl methyl sites for hydroxylation is 1. The van der Waals surface area contributed by atoms with E-state index in [0.29, 0.717) is 23.7 Å². The Labute approximate surface area is 154 Å². The summed E-state index contributed by atoms with van der Waals surface area (Å²) in [6.45, 7) is 2.52. The molecule has 0 fully saturated rings. The van der Waals surface area contributed by atoms with Crippen molar-refractivity contribution in [2.24, 2.45) is 0 Å². The van der Waals surface area contributed by atoms with Gasteiger partial charge in [0.2, 0.25) is 0 Å². The third kappa shape index (κ3) is 5.98. The average Bonchev–Trinajstić information content (AvgIpc) is 2.65. The molecule has 2 aromatic rings. The summed E-state index contributed by atoms with van der Waals surface area (Å²) in [5.74, 6) is 1.26. The van der Waals surface area contributed by atoms with Crippen molar-refractivity contribution in [2.45, 2.75) is 32.3 Å². The van der Waals surface area contributed by atoms with E-state index in [-0.39, 0.29) is 5.91 Å². The van der Waals surface area contributed by atoms with Crippen LogP contribution in [0.3, 0.4) is 0 Å². The number of nitrogens with one attached hydrogen (secondary N) is 1. The molecule has 0 heterocycles. The lowest BCUT2D eigenvalue weighted by Crippen LogP contribution is -2.38. The molecule has 0 aromatic heterocycles. The van der Waals surface area contributed by atoms with Crippen LogP contribution in [0, 0.1) is 0 Å². The van der Waals surface area contributed by atoms with Crippen LogP contribution < -0.4 is 14.8 Å². The molecule has 5 heteroatoms. The number of carbonyl (C=O) groups is 1. The zero-order valence-corrected chi connectivity index (χ0v) is 15.4. The van der Waals surface area contributed by atoms with Gasteiger partial charge in [-0.15, -0.1) is 0 Å². The van der Waals surface area contributed by atoms with Crippen LogP contribution in [-0.2, 0) is 11.2 Å². The number of methoxy groups -OCH3 is 1. The second-order valence-corrected chi connectivity index (χ2v) is 6.10. The third-order valence-corrected chi connectivity index (χ3v) is 4.18. The van der Waals surface area contributed by atoms with E-state index < -0.39 is 6.10 Å². The molecule has 4 nitrogen and oxygen atoms in total. The molecule has 0 spiro atoms. The van der Waals surface area contributed by atoms with Crippen molar-refractivity contribution < 1.29 is 14.3 Å². The molecule has 134 valence electrons. The molecular weight excluding hydrogens is 338 g/mol. The third-order valence-electron chi connectivity index (χ3n) is 3.87. The van der Waals surface area contributed by atoms with E-state index in [1.807, 2.05) is 43.3 Å². The predicted molar refractivity (Wildman–Crippen MR) is 100 cm³/mol. The summed E-state index contributed by atoms with van der Waals surface area (Å²) >= 11 is 6.08. The summed E-state index contributed by atoms with van der Waals surface area (Å²) in [4.78, 5) is 12.3. The molecule has 0 bridgehead atoms. The van der Waals surface area contributed by atoms with Crippen molar-refractivity contribution >= 4 is 17.5 Å². The molecule has 0 aliphatic heterocycles. The second kappa shape index (κ2) is 9.94. The van der Waals surface area contributed by atoms with Gasteiger partial charge in [-0.25, -0.2) is 0 Å². The first-order chi connectivity index (χ1) is 12.1. The molecule has 0 radical (unpaired) electrons. The van der Waals surface area contributed by atoms with E-state index in [1.54, 1.807) is 19.2 Å². The maximum atomic E-state index is 12.3. The van der Waals surface area contributed by atoms with Crippen molar-refractivity contribution in [3.05, 3.63) is 59.1 Å². The summed E-state index contributed by atoms with van der Waals surface area (Å²) in [7, 11) is 1.65. The maximum Gasteiger partial charge on any atom is 0.261 e. The standard InChI is InChI=1S/C20H24ClNO3/c1-3-18(25-19-9-5-4-8-17(19)21)20(23)22-14-6-7-15-10-12-16(24-2)13-11-15/h4-5,8-13,18H,3,6-7,14H2,1-2H3,(H,22,23)/t18-/m0/s1. The van der Waals surface area contributed by atoms with Gasteiger partial charge in [0.25, 0.3) is 5.91 Å². The topological polar surface area (TPSA) is 47.6 Å². The van der Waals surface area contributed by atoms with Crippen molar-refractivity contribution in [1.29, 1.82) is 0 Å². The van der Waals surface area contributed by atoms with E-state index in [4.69, 9.17) is 21.1 Å². The van der Waals surface area contributed by atoms with Crippen molar-refractivity contribution in [3.8, 4) is 11.5 Å². The van der Waals surface area contributed by atoms with Gasteiger partial charge in [-0.2, -0.15) is 0 Å². The van der Waals surface area contributed by atoms with E-state index in [2.05, 4.69) is 5.32 Å². The van der Waals surface area contributed by atoms with E-state index in [0.717, 1.165) is 18.6 Å². The van der Waals surface area contributed by atoms with Gasteiger partial charge in [-0.1, -0.05) is 42.8 Å². The van der Waals surface area contributed by atoms with Crippen molar-refractivity contribution in [1.82, 2.24) is 5.32 Å². The number of hydrogen-bond acceptors (Lipinski definition) is 3. The Hall–Kier alpha value is -2.20. The molecule has 0 aliphatic rings. The van der Waals surface area contributed by atoms with E-state index in [9.17, 15) is 4.79 Å². The van der Waals surface area contributed by atoms with Gasteiger partial charge in [0.15, 0.2) is 6.10 Å². The average molecular weight is 362 g/mol. The Morgan fingerprint density at radius 2 is 1.88 bits per heavy atom. The first-order valence-corrected chi connectivity index (χ1v) is 8.83. The minimum absolute atomic E-state index is 0.114. The van der Waals surface area contributed by atoms with Crippen LogP contribution in [0.4, 0.5) is 0 Å². The quantitative estimate of drug-likeness (QED) is 0.679. The van der Waals surface area contributed by atoms with Gasteiger partial charge >= 0.3 is 0 Å². The highest BCUT2D eigenvalue weighted by Crippen LogP contribution is 2.24. The number of halogens is 1. The van der Waals surface area contributed by atoms with Crippen LogP contribution in [0.5, 0.6) is 11.5 Å². The lowest BCUT2D eigenvalue weighted by Gasteiger charge is -2.18. The Bertz CT molecular complexity index is 673. The van der Waals surface area contributed by atoms with Gasteiger partial charge in [-0.05, 0) is 49.1 Å². The number of hydrogen-bond donors (Lipinski definition) is 1. The highest BCUT2D eigenvalue weighted by molar-refractivity contribution is 6.32. The van der Waals surface area contributed by atoms with E-state index in [1.165, 1.54) is 5.56 Å². The fourth-order valence-corrected chi connectivity index (χ4v) is 2.61. The lowest BCUT2D eigenvalue weighted by atomic mass is 10.1. The molecule has 25 heavy (non-hydrogen) atoms. The number of rotatable bonds is 9. The summed E-state index contributed by atoms with van der Waals surface area (Å²) < 4.78 is 10.9. The molecule has 0 saturated heterocycles. The molecule has 2 rings (SSSR count). The Kier molecular flexibility index (Phi) is 7.61. The number of ether oxygens (including phenoxy) is 2. The van der Waals surface area contributed by atoms with Crippen LogP contribution in [0.25, 0.3) is 0 Å². The lowest BCUT2D eigenvalue weighted by molar-refractivity contribution is -0.128. The normalized spacial score (nSPS) is 11.6. The van der Waals surface area contributed by atoms with Gasteiger partial charge in [0, 0.05) is 6.54 Å². The molecular formula is C20H24ClNO3. The highest BCUT2D eigenvalue weighted by Gasteiger charge is 2.18. The zero-order chi connectivity index (χ0) is 18.1. The minimum Gasteiger partial charge on any atom is -0.497 e. The molecule has 0 unspecified atom stereocenters. The van der Waals surface area contributed by atoms with Crippen molar-refractivity contribution in [3.63, 3.8) is 0 Å². The smallest absolute Gasteiger partial charge is 0.261 e. The number of benzene rings is 2. The number of carbonyl (C=O) groups excluding carboxylic acids is 1. The molecule has 2 aromatic carbocycles. The van der Waals surface area contributed by atoms with Gasteiger partial charge < -0.3 is 14.8 Å². The fraction of sp³-hybridized carbons (Fsp3) is 0.350. The summed E-state index contributed by atoms with van der Waals surface area (Å²) in [5.41, 5.74) is 1.22. The maximum absolute atomic E-state index is 12.3. The molecule has 0 saturated carbocycles. The summed E-state index contributed by atoms with van der Waals surface area (Å²) in [6.07, 6.45) is 1.80. The van der Waals surface area contributed by atoms with E-state index >= 15 is 0 Å². The number of para-hydroxylation sites is 1. The highest BCUT2D eigenvalue weighted by atomic mass is 35.5. The van der Waals surface area contributed by atoms with Crippen LogP contribution in [0.2, 0.25) is 5.02 Å². The predicted octanol–water partition coefficient (Wildman–Crippen LogP) is 4.26. The zero-order valence-electron chi connectivity index (χ0n) is 14.6. The van der Waals surface area contributed by atoms with Crippen LogP contribution in [0.15, 0.2) is 48.5 Å². The van der Waals surface area contributed by atoms with Crippen molar-refractivity contribution in [2.75, 3.05) is 13.7 Å². The first kappa shape index (κ1) is 19.1. The number of amides is 1. The summed E-state index contributed by atoms with van der Waals surface area (Å²) in [6, 6.07) is 15.1. The van der Waals surface area contributed by atoms with Gasteiger partial charge in [0.1, 0.15) is 11.5 Å². The molecule has 1 amide bonds.